The second-order valence-corrected chi connectivity index (χ2v) is 5.18. The number of ether oxygens (including phenoxy) is 1. The molecule has 1 aromatic heterocycles. The molecule has 1 heterocycles. The highest BCUT2D eigenvalue weighted by atomic mass is 35.7. The van der Waals surface area contributed by atoms with Crippen LogP contribution in [0, 0.1) is 10.2 Å². The van der Waals surface area contributed by atoms with Gasteiger partial charge in [-0.2, -0.15) is 0 Å². The maximum Gasteiger partial charge on any atom is 0.364 e. The van der Waals surface area contributed by atoms with E-state index in [1.165, 1.54) is 0 Å². The van der Waals surface area contributed by atoms with E-state index in [4.69, 9.17) is 27.8 Å². The van der Waals surface area contributed by atoms with Gasteiger partial charge in [-0.3, -0.25) is 0 Å². The third-order valence-corrected chi connectivity index (χ3v) is 2.91. The Balaban J connectivity index is 0.000000338. The van der Waals surface area contributed by atoms with Gasteiger partial charge in [0.05, 0.1) is 18.7 Å². The Hall–Kier alpha value is -2.22. The number of benzene rings is 2. The molecule has 0 saturated carbocycles. The molecule has 3 rings (SSSR count). The standard InChI is InChI=1S/C16H13O2.ClHO4/c1-17-16-11-15(12-7-3-2-4-8-12)18-14-10-6-5-9-13(14)16;2-1(3,4)5/h2-11H,1H3;(H,2,3,4,5)/q+1;/p-1. The minimum Gasteiger partial charge on any atom is -0.495 e. The molecule has 0 spiro atoms. The highest BCUT2D eigenvalue weighted by Crippen LogP contribution is 2.32. The van der Waals surface area contributed by atoms with Crippen LogP contribution in [0.3, 0.4) is 0 Å². The van der Waals surface area contributed by atoms with Crippen LogP contribution in [0.15, 0.2) is 65.1 Å². The number of fused-ring (bicyclic) bond motifs is 1. The molecular formula is C16H13ClO6. The molecule has 0 radical (unpaired) electrons. The molecule has 0 bridgehead atoms. The van der Waals surface area contributed by atoms with Crippen molar-refractivity contribution < 1.29 is 38.0 Å². The van der Waals surface area contributed by atoms with E-state index < -0.39 is 10.2 Å². The minimum atomic E-state index is -4.94. The monoisotopic (exact) mass is 336 g/mol. The van der Waals surface area contributed by atoms with E-state index in [1.54, 1.807) is 7.11 Å². The molecule has 120 valence electrons. The van der Waals surface area contributed by atoms with Crippen LogP contribution in [0.5, 0.6) is 5.75 Å². The van der Waals surface area contributed by atoms with Crippen LogP contribution in [0.1, 0.15) is 0 Å². The van der Waals surface area contributed by atoms with Crippen LogP contribution in [-0.4, -0.2) is 7.11 Å². The lowest BCUT2D eigenvalue weighted by molar-refractivity contribution is -2.00. The molecule has 0 atom stereocenters. The van der Waals surface area contributed by atoms with Gasteiger partial charge < -0.3 is 4.74 Å². The van der Waals surface area contributed by atoms with Crippen molar-refractivity contribution >= 4 is 11.0 Å². The molecule has 0 amide bonds. The van der Waals surface area contributed by atoms with E-state index in [2.05, 4.69) is 0 Å². The Kier molecular flexibility index (Phi) is 5.49. The number of hydrogen-bond acceptors (Lipinski definition) is 5. The molecule has 0 aliphatic heterocycles. The maximum atomic E-state index is 8.49. The molecule has 0 N–H and O–H groups in total. The lowest BCUT2D eigenvalue weighted by Gasteiger charge is -2.17. The molecule has 0 aliphatic rings. The molecular weight excluding hydrogens is 324 g/mol. The van der Waals surface area contributed by atoms with E-state index in [0.29, 0.717) is 0 Å². The van der Waals surface area contributed by atoms with E-state index in [9.17, 15) is 0 Å². The fourth-order valence-corrected chi connectivity index (χ4v) is 2.02. The van der Waals surface area contributed by atoms with Gasteiger partial charge in [0.2, 0.25) is 0 Å². The van der Waals surface area contributed by atoms with Gasteiger partial charge >= 0.3 is 11.3 Å². The first-order chi connectivity index (χ1) is 10.9. The summed E-state index contributed by atoms with van der Waals surface area (Å²) >= 11 is 0. The zero-order valence-corrected chi connectivity index (χ0v) is 12.9. The second-order valence-electron chi connectivity index (χ2n) is 4.42. The van der Waals surface area contributed by atoms with Crippen molar-refractivity contribution in [3.63, 3.8) is 0 Å². The van der Waals surface area contributed by atoms with Crippen molar-refractivity contribution in [2.45, 2.75) is 0 Å². The molecule has 7 heteroatoms. The number of methoxy groups -OCH3 is 1. The van der Waals surface area contributed by atoms with Gasteiger partial charge in [-0.25, -0.2) is 23.1 Å². The summed E-state index contributed by atoms with van der Waals surface area (Å²) in [6, 6.07) is 19.8. The van der Waals surface area contributed by atoms with Gasteiger partial charge in [0.1, 0.15) is 11.1 Å². The predicted octanol–water partition coefficient (Wildman–Crippen LogP) is -0.367. The Morgan fingerprint density at radius 3 is 2.04 bits per heavy atom. The first-order valence-corrected chi connectivity index (χ1v) is 7.69. The van der Waals surface area contributed by atoms with Crippen LogP contribution < -0.4 is 23.4 Å². The summed E-state index contributed by atoms with van der Waals surface area (Å²) in [5.41, 5.74) is 1.87. The maximum absolute atomic E-state index is 8.49. The van der Waals surface area contributed by atoms with Crippen molar-refractivity contribution in [3.8, 4) is 17.1 Å². The number of hydrogen-bond donors (Lipinski definition) is 0. The molecule has 23 heavy (non-hydrogen) atoms. The minimum absolute atomic E-state index is 0.811. The Bertz CT molecular complexity index is 764. The molecule has 0 unspecified atom stereocenters. The summed E-state index contributed by atoms with van der Waals surface area (Å²) in [4.78, 5) is 0. The smallest absolute Gasteiger partial charge is 0.364 e. The van der Waals surface area contributed by atoms with Gasteiger partial charge in [0.25, 0.3) is 0 Å². The van der Waals surface area contributed by atoms with Crippen LogP contribution in [0.4, 0.5) is 0 Å². The largest absolute Gasteiger partial charge is 0.495 e. The van der Waals surface area contributed by atoms with Gasteiger partial charge in [0.15, 0.2) is 0 Å². The normalized spacial score (nSPS) is 10.8. The van der Waals surface area contributed by atoms with Gasteiger partial charge in [0, 0.05) is 6.07 Å². The summed E-state index contributed by atoms with van der Waals surface area (Å²) in [5, 5.41) is 0.986. The van der Waals surface area contributed by atoms with E-state index in [1.807, 2.05) is 60.7 Å². The average molecular weight is 337 g/mol. The highest BCUT2D eigenvalue weighted by Gasteiger charge is 2.18. The third-order valence-electron chi connectivity index (χ3n) is 2.91. The van der Waals surface area contributed by atoms with Crippen LogP contribution >= 0.6 is 0 Å². The second kappa shape index (κ2) is 7.36. The van der Waals surface area contributed by atoms with Crippen LogP contribution in [-0.2, 0) is 0 Å². The van der Waals surface area contributed by atoms with Crippen LogP contribution in [0.2, 0.25) is 0 Å². The Morgan fingerprint density at radius 2 is 1.43 bits per heavy atom. The van der Waals surface area contributed by atoms with Crippen molar-refractivity contribution in [3.05, 3.63) is 60.7 Å². The van der Waals surface area contributed by atoms with E-state index in [0.717, 1.165) is 28.0 Å². The topological polar surface area (TPSA) is 113 Å². The molecule has 0 fully saturated rings. The van der Waals surface area contributed by atoms with Crippen molar-refractivity contribution in [2.24, 2.45) is 0 Å². The lowest BCUT2D eigenvalue weighted by Crippen LogP contribution is -2.68. The average Bonchev–Trinajstić information content (AvgIpc) is 2.53. The fourth-order valence-electron chi connectivity index (χ4n) is 2.02. The summed E-state index contributed by atoms with van der Waals surface area (Å²) in [6.45, 7) is 0. The molecule has 2 aromatic carbocycles. The number of halogens is 1. The van der Waals surface area contributed by atoms with Gasteiger partial charge in [-0.1, -0.05) is 30.3 Å². The molecule has 3 aromatic rings. The van der Waals surface area contributed by atoms with E-state index in [-0.39, 0.29) is 0 Å². The fraction of sp³-hybridized carbons (Fsp3) is 0.0625. The SMILES string of the molecule is COc1cc(-c2ccccc2)[o+]c2ccccc12.[O-][Cl+3]([O-])([O-])[O-]. The van der Waals surface area contributed by atoms with Gasteiger partial charge in [-0.05, 0) is 18.2 Å². The summed E-state index contributed by atoms with van der Waals surface area (Å²) in [7, 11) is -3.27. The first-order valence-electron chi connectivity index (χ1n) is 6.45. The quantitative estimate of drug-likeness (QED) is 0.590. The predicted molar refractivity (Wildman–Crippen MR) is 72.6 cm³/mol. The Labute approximate surface area is 134 Å². The van der Waals surface area contributed by atoms with Crippen molar-refractivity contribution in [1.82, 2.24) is 0 Å². The third kappa shape index (κ3) is 5.17. The van der Waals surface area contributed by atoms with E-state index >= 15 is 0 Å². The number of para-hydroxylation sites is 1. The zero-order chi connectivity index (χ0) is 16.9. The van der Waals surface area contributed by atoms with Crippen LogP contribution in [0.25, 0.3) is 22.3 Å². The summed E-state index contributed by atoms with van der Waals surface area (Å²) < 4.78 is 45.3. The highest BCUT2D eigenvalue weighted by molar-refractivity contribution is 5.85. The first kappa shape index (κ1) is 17.1. The number of rotatable bonds is 2. The molecule has 6 nitrogen and oxygen atoms in total. The molecule has 0 aliphatic carbocycles. The summed E-state index contributed by atoms with van der Waals surface area (Å²) in [6.07, 6.45) is 0. The summed E-state index contributed by atoms with van der Waals surface area (Å²) in [5.74, 6) is 1.64. The van der Waals surface area contributed by atoms with Crippen molar-refractivity contribution in [2.75, 3.05) is 7.11 Å². The Morgan fingerprint density at radius 1 is 0.870 bits per heavy atom. The van der Waals surface area contributed by atoms with Crippen molar-refractivity contribution in [1.29, 1.82) is 0 Å². The lowest BCUT2D eigenvalue weighted by atomic mass is 10.1. The van der Waals surface area contributed by atoms with Gasteiger partial charge in [-0.15, -0.1) is 10.2 Å². The zero-order valence-electron chi connectivity index (χ0n) is 12.1. The molecule has 0 saturated heterocycles.